The Bertz CT molecular complexity index is 238. The average Bonchev–Trinajstić information content (AvgIpc) is 2.27. The molecule has 1 N–H and O–H groups in total. The van der Waals surface area contributed by atoms with E-state index in [1.165, 1.54) is 19.6 Å². The van der Waals surface area contributed by atoms with Crippen LogP contribution in [0.25, 0.3) is 0 Å². The van der Waals surface area contributed by atoms with E-state index in [-0.39, 0.29) is 5.41 Å². The molecule has 0 aromatic rings. The molecule has 0 aromatic carbocycles. The molecule has 1 heterocycles. The molecule has 0 saturated carbocycles. The zero-order valence-electron chi connectivity index (χ0n) is 11.6. The van der Waals surface area contributed by atoms with E-state index >= 15 is 0 Å². The third kappa shape index (κ3) is 8.25. The van der Waals surface area contributed by atoms with E-state index < -0.39 is 6.72 Å². The summed E-state index contributed by atoms with van der Waals surface area (Å²) in [5, 5.41) is 0. The Hall–Kier alpha value is 0.490. The van der Waals surface area contributed by atoms with Crippen molar-refractivity contribution in [1.82, 2.24) is 0 Å². The second kappa shape index (κ2) is 7.82. The quantitative estimate of drug-likeness (QED) is 0.770. The average molecular weight is 283 g/mol. The van der Waals surface area contributed by atoms with Crippen molar-refractivity contribution in [2.45, 2.75) is 34.6 Å². The number of hydrogen-bond acceptors (Lipinski definition) is 4. The molecule has 1 aliphatic rings. The summed E-state index contributed by atoms with van der Waals surface area (Å²) in [6.45, 7) is 12.2. The SMILES string of the molecule is CC1(C)COP([O-])(=S)OC1.CC[NH+](CC)CC. The lowest BCUT2D eigenvalue weighted by Crippen LogP contribution is -3.11. The van der Waals surface area contributed by atoms with E-state index in [0.29, 0.717) is 13.2 Å². The van der Waals surface area contributed by atoms with Crippen molar-refractivity contribution in [2.75, 3.05) is 32.8 Å². The largest absolute Gasteiger partial charge is 0.780 e. The zero-order valence-corrected chi connectivity index (χ0v) is 13.3. The van der Waals surface area contributed by atoms with E-state index in [9.17, 15) is 4.89 Å². The van der Waals surface area contributed by atoms with Crippen LogP contribution in [0.3, 0.4) is 0 Å². The predicted molar refractivity (Wildman–Crippen MR) is 72.6 cm³/mol. The molecule has 0 bridgehead atoms. The van der Waals surface area contributed by atoms with E-state index in [2.05, 4.69) is 32.6 Å². The molecule has 104 valence electrons. The van der Waals surface area contributed by atoms with Gasteiger partial charge >= 0.3 is 0 Å². The third-order valence-corrected chi connectivity index (χ3v) is 4.25. The Labute approximate surface area is 111 Å². The first-order chi connectivity index (χ1) is 7.76. The summed E-state index contributed by atoms with van der Waals surface area (Å²) in [4.78, 5) is 12.6. The Kier molecular flexibility index (Phi) is 8.05. The van der Waals surface area contributed by atoms with Crippen LogP contribution in [-0.4, -0.2) is 32.8 Å². The number of hydrogen-bond donors (Lipinski definition) is 1. The molecule has 1 saturated heterocycles. The van der Waals surface area contributed by atoms with Crippen LogP contribution >= 0.6 is 6.72 Å². The lowest BCUT2D eigenvalue weighted by Gasteiger charge is -2.39. The van der Waals surface area contributed by atoms with Gasteiger partial charge in [-0.05, 0) is 20.8 Å². The number of quaternary nitrogens is 1. The fourth-order valence-corrected chi connectivity index (χ4v) is 2.74. The fraction of sp³-hybridized carbons (Fsp3) is 1.00. The summed E-state index contributed by atoms with van der Waals surface area (Å²) in [6.07, 6.45) is 0. The zero-order chi connectivity index (χ0) is 13.5. The van der Waals surface area contributed by atoms with Crippen molar-refractivity contribution in [1.29, 1.82) is 0 Å². The molecule has 0 amide bonds. The van der Waals surface area contributed by atoms with Gasteiger partial charge in [0.05, 0.1) is 32.8 Å². The van der Waals surface area contributed by atoms with Crippen molar-refractivity contribution in [3.05, 3.63) is 0 Å². The fourth-order valence-electron chi connectivity index (χ4n) is 1.34. The van der Waals surface area contributed by atoms with Gasteiger partial charge in [0.1, 0.15) is 6.72 Å². The van der Waals surface area contributed by atoms with Gasteiger partial charge in [-0.1, -0.05) is 25.7 Å². The summed E-state index contributed by atoms with van der Waals surface area (Å²) in [7, 11) is 0. The highest BCUT2D eigenvalue weighted by molar-refractivity contribution is 8.06. The Morgan fingerprint density at radius 3 is 1.65 bits per heavy atom. The Balaban J connectivity index is 0.000000325. The second-order valence-electron chi connectivity index (χ2n) is 4.97. The van der Waals surface area contributed by atoms with Crippen molar-refractivity contribution in [3.8, 4) is 0 Å². The molecule has 0 atom stereocenters. The highest BCUT2D eigenvalue weighted by Crippen LogP contribution is 2.46. The van der Waals surface area contributed by atoms with Crippen LogP contribution in [0.15, 0.2) is 0 Å². The van der Waals surface area contributed by atoms with Gasteiger partial charge < -0.3 is 18.8 Å². The number of rotatable bonds is 3. The van der Waals surface area contributed by atoms with Gasteiger partial charge in [-0.2, -0.15) is 0 Å². The first kappa shape index (κ1) is 17.5. The van der Waals surface area contributed by atoms with Gasteiger partial charge in [0.2, 0.25) is 0 Å². The van der Waals surface area contributed by atoms with Gasteiger partial charge in [-0.15, -0.1) is 0 Å². The molecule has 0 spiro atoms. The maximum Gasteiger partial charge on any atom is 0.115 e. The van der Waals surface area contributed by atoms with Crippen LogP contribution in [0.4, 0.5) is 0 Å². The lowest BCUT2D eigenvalue weighted by molar-refractivity contribution is -0.894. The summed E-state index contributed by atoms with van der Waals surface area (Å²) in [5.41, 5.74) is -0.0489. The van der Waals surface area contributed by atoms with Crippen molar-refractivity contribution < 1.29 is 18.8 Å². The summed E-state index contributed by atoms with van der Waals surface area (Å²) in [6, 6.07) is 0. The summed E-state index contributed by atoms with van der Waals surface area (Å²) in [5.74, 6) is 0. The van der Waals surface area contributed by atoms with E-state index in [1.807, 2.05) is 13.8 Å². The van der Waals surface area contributed by atoms with E-state index in [4.69, 9.17) is 9.05 Å². The highest BCUT2D eigenvalue weighted by Gasteiger charge is 2.26. The molecule has 1 aliphatic heterocycles. The van der Waals surface area contributed by atoms with Crippen LogP contribution in [-0.2, 0) is 20.9 Å². The summed E-state index contributed by atoms with van der Waals surface area (Å²) >= 11 is 4.51. The second-order valence-corrected chi connectivity index (χ2v) is 7.72. The maximum absolute atomic E-state index is 10.9. The molecule has 1 rings (SSSR count). The first-order valence-corrected chi connectivity index (χ1v) is 8.75. The minimum atomic E-state index is -3.08. The molecular weight excluding hydrogens is 257 g/mol. The van der Waals surface area contributed by atoms with E-state index in [0.717, 1.165) is 0 Å². The van der Waals surface area contributed by atoms with Gasteiger partial charge in [0.25, 0.3) is 0 Å². The molecule has 17 heavy (non-hydrogen) atoms. The van der Waals surface area contributed by atoms with Crippen LogP contribution in [0.1, 0.15) is 34.6 Å². The molecule has 0 radical (unpaired) electrons. The molecule has 0 aromatic heterocycles. The van der Waals surface area contributed by atoms with Gasteiger partial charge in [0, 0.05) is 5.41 Å². The standard InChI is InChI=1S/C6H15N.C5H11O3PS/c1-4-7(5-2)6-3;1-5(2)3-7-9(6,10)8-4-5/h4-6H2,1-3H3;3-4H2,1-2H3,(H,6,10). The van der Waals surface area contributed by atoms with Crippen LogP contribution in [0, 0.1) is 5.41 Å². The predicted octanol–water partition coefficient (Wildman–Crippen LogP) is 0.575. The third-order valence-electron chi connectivity index (χ3n) is 2.73. The molecule has 0 unspecified atom stereocenters. The molecule has 4 nitrogen and oxygen atoms in total. The van der Waals surface area contributed by atoms with Crippen molar-refractivity contribution >= 4 is 18.5 Å². The van der Waals surface area contributed by atoms with Crippen molar-refractivity contribution in [3.63, 3.8) is 0 Å². The molecule has 6 heteroatoms. The minimum Gasteiger partial charge on any atom is -0.780 e. The smallest absolute Gasteiger partial charge is 0.115 e. The normalized spacial score (nSPS) is 21.8. The topological polar surface area (TPSA) is 46.0 Å². The molecule has 1 fully saturated rings. The highest BCUT2D eigenvalue weighted by atomic mass is 32.5. The van der Waals surface area contributed by atoms with Gasteiger partial charge in [0.15, 0.2) is 0 Å². The van der Waals surface area contributed by atoms with Crippen LogP contribution < -0.4 is 9.79 Å². The number of nitrogens with one attached hydrogen (secondary N) is 1. The van der Waals surface area contributed by atoms with Gasteiger partial charge in [-0.25, -0.2) is 0 Å². The Morgan fingerprint density at radius 2 is 1.47 bits per heavy atom. The molecule has 0 aliphatic carbocycles. The van der Waals surface area contributed by atoms with Gasteiger partial charge in [-0.3, -0.25) is 0 Å². The monoisotopic (exact) mass is 283 g/mol. The first-order valence-electron chi connectivity index (χ1n) is 6.20. The maximum atomic E-state index is 10.9. The molecular formula is C11H26NO3PS. The van der Waals surface area contributed by atoms with Crippen LogP contribution in [0.2, 0.25) is 0 Å². The van der Waals surface area contributed by atoms with Crippen LogP contribution in [0.5, 0.6) is 0 Å². The summed E-state index contributed by atoms with van der Waals surface area (Å²) < 4.78 is 9.66. The van der Waals surface area contributed by atoms with Crippen molar-refractivity contribution in [2.24, 2.45) is 5.41 Å². The Morgan fingerprint density at radius 1 is 1.12 bits per heavy atom. The minimum absolute atomic E-state index is 0.0489. The lowest BCUT2D eigenvalue weighted by atomic mass is 9.97. The van der Waals surface area contributed by atoms with E-state index in [1.54, 1.807) is 4.90 Å².